The number of carbonyl (C=O) groups is 1. The Kier molecular flexibility index (Phi) is 2.96. The van der Waals surface area contributed by atoms with Crippen LogP contribution >= 0.6 is 0 Å². The molecule has 15 heavy (non-hydrogen) atoms. The number of benzene rings is 1. The average molecular weight is 248 g/mol. The third-order valence-electron chi connectivity index (χ3n) is 1.70. The van der Waals surface area contributed by atoms with Gasteiger partial charge in [0.1, 0.15) is 6.29 Å². The van der Waals surface area contributed by atoms with Gasteiger partial charge in [0.15, 0.2) is 0 Å². The van der Waals surface area contributed by atoms with E-state index in [9.17, 15) is 21.6 Å². The lowest BCUT2D eigenvalue weighted by atomic mass is 10.2. The van der Waals surface area contributed by atoms with Gasteiger partial charge in [-0.1, -0.05) is 12.1 Å². The smallest absolute Gasteiger partial charge is 0.281 e. The zero-order valence-electron chi connectivity index (χ0n) is 7.74. The Bertz CT molecular complexity index is 566. The second-order valence-corrected chi connectivity index (χ2v) is 8.77. The van der Waals surface area contributed by atoms with E-state index in [0.717, 1.165) is 12.1 Å². The lowest BCUT2D eigenvalue weighted by molar-refractivity contribution is 0.112. The Hall–Kier alpha value is -1.21. The highest BCUT2D eigenvalue weighted by molar-refractivity contribution is 8.66. The summed E-state index contributed by atoms with van der Waals surface area (Å²) in [6.45, 7) is 0. The molecule has 0 bridgehead atoms. The van der Waals surface area contributed by atoms with Crippen molar-refractivity contribution in [2.75, 3.05) is 6.26 Å². The van der Waals surface area contributed by atoms with E-state index in [1.807, 2.05) is 0 Å². The molecule has 0 saturated heterocycles. The Morgan fingerprint density at radius 1 is 1.00 bits per heavy atom. The molecule has 82 valence electrons. The molecule has 0 amide bonds. The van der Waals surface area contributed by atoms with Crippen LogP contribution in [0.1, 0.15) is 10.4 Å². The minimum Gasteiger partial charge on any atom is -0.298 e. The summed E-state index contributed by atoms with van der Waals surface area (Å²) in [6, 6.07) is 4.65. The highest BCUT2D eigenvalue weighted by atomic mass is 33.2. The number of aldehydes is 1. The zero-order chi connectivity index (χ0) is 11.7. The van der Waals surface area contributed by atoms with Gasteiger partial charge in [0, 0.05) is 5.56 Å². The molecule has 0 fully saturated rings. The summed E-state index contributed by atoms with van der Waals surface area (Å²) in [5.41, 5.74) is 0.280. The van der Waals surface area contributed by atoms with Crippen LogP contribution in [0.3, 0.4) is 0 Å². The summed E-state index contributed by atoms with van der Waals surface area (Å²) < 4.78 is 44.7. The molecular weight excluding hydrogens is 240 g/mol. The van der Waals surface area contributed by atoms with Crippen LogP contribution in [-0.2, 0) is 17.7 Å². The predicted octanol–water partition coefficient (Wildman–Crippen LogP) is 0.232. The first kappa shape index (κ1) is 11.9. The van der Waals surface area contributed by atoms with E-state index in [1.165, 1.54) is 12.1 Å². The molecular formula is C8H8O5S2. The molecule has 0 radical (unpaired) electrons. The van der Waals surface area contributed by atoms with Crippen molar-refractivity contribution in [1.29, 1.82) is 0 Å². The van der Waals surface area contributed by atoms with Crippen LogP contribution in [0.5, 0.6) is 0 Å². The van der Waals surface area contributed by atoms with E-state index in [2.05, 4.69) is 0 Å². The molecule has 0 unspecified atom stereocenters. The molecule has 1 rings (SSSR count). The molecule has 0 aliphatic rings. The van der Waals surface area contributed by atoms with Crippen molar-refractivity contribution in [1.82, 2.24) is 0 Å². The third kappa shape index (κ3) is 2.24. The van der Waals surface area contributed by atoms with E-state index in [4.69, 9.17) is 0 Å². The van der Waals surface area contributed by atoms with Crippen LogP contribution in [0.2, 0.25) is 0 Å². The summed E-state index contributed by atoms with van der Waals surface area (Å²) in [4.78, 5) is 9.96. The lowest BCUT2D eigenvalue weighted by Gasteiger charge is -2.01. The maximum Gasteiger partial charge on any atom is 0.281 e. The van der Waals surface area contributed by atoms with E-state index in [1.54, 1.807) is 0 Å². The second kappa shape index (κ2) is 3.74. The maximum atomic E-state index is 11.4. The minimum absolute atomic E-state index is 0.280. The topological polar surface area (TPSA) is 85.3 Å². The van der Waals surface area contributed by atoms with Crippen molar-refractivity contribution < 1.29 is 21.6 Å². The van der Waals surface area contributed by atoms with Crippen molar-refractivity contribution in [3.05, 3.63) is 29.8 Å². The molecule has 0 N–H and O–H groups in total. The summed E-state index contributed by atoms with van der Waals surface area (Å²) >= 11 is 0. The van der Waals surface area contributed by atoms with Gasteiger partial charge in [-0.25, -0.2) is 16.8 Å². The van der Waals surface area contributed by atoms with Crippen molar-refractivity contribution in [2.45, 2.75) is 4.90 Å². The number of rotatable bonds is 3. The van der Waals surface area contributed by atoms with Crippen molar-refractivity contribution in [3.8, 4) is 0 Å². The van der Waals surface area contributed by atoms with Gasteiger partial charge in [-0.3, -0.25) is 4.79 Å². The number of carbonyl (C=O) groups excluding carboxylic acids is 1. The van der Waals surface area contributed by atoms with Gasteiger partial charge in [-0.2, -0.15) is 0 Å². The molecule has 0 aromatic heterocycles. The highest BCUT2D eigenvalue weighted by Gasteiger charge is 2.26. The van der Waals surface area contributed by atoms with Gasteiger partial charge in [-0.05, 0) is 12.1 Å². The summed E-state index contributed by atoms with van der Waals surface area (Å²) in [6.07, 6.45) is 1.16. The molecule has 5 nitrogen and oxygen atoms in total. The summed E-state index contributed by atoms with van der Waals surface area (Å²) in [5, 5.41) is 0. The Balaban J connectivity index is 3.37. The Morgan fingerprint density at radius 2 is 1.47 bits per heavy atom. The Labute approximate surface area is 87.0 Å². The SMILES string of the molecule is CS(=O)(=O)S(=O)(=O)c1ccc(C=O)cc1. The van der Waals surface area contributed by atoms with E-state index < -0.39 is 17.7 Å². The quantitative estimate of drug-likeness (QED) is 0.564. The van der Waals surface area contributed by atoms with Crippen molar-refractivity contribution >= 4 is 24.0 Å². The molecule has 1 aromatic carbocycles. The van der Waals surface area contributed by atoms with Crippen LogP contribution in [0.15, 0.2) is 29.2 Å². The van der Waals surface area contributed by atoms with Gasteiger partial charge in [-0.15, -0.1) is 0 Å². The molecule has 0 atom stereocenters. The average Bonchev–Trinajstić information content (AvgIpc) is 2.16. The normalized spacial score (nSPS) is 12.3. The molecule has 7 heteroatoms. The predicted molar refractivity (Wildman–Crippen MR) is 53.9 cm³/mol. The fourth-order valence-electron chi connectivity index (χ4n) is 0.888. The van der Waals surface area contributed by atoms with Crippen LogP contribution < -0.4 is 0 Å². The van der Waals surface area contributed by atoms with E-state index in [-0.39, 0.29) is 10.5 Å². The fourth-order valence-corrected chi connectivity index (χ4v) is 3.09. The van der Waals surface area contributed by atoms with E-state index in [0.29, 0.717) is 12.5 Å². The first-order valence-corrected chi connectivity index (χ1v) is 7.68. The van der Waals surface area contributed by atoms with Crippen LogP contribution in [-0.4, -0.2) is 29.4 Å². The fraction of sp³-hybridized carbons (Fsp3) is 0.125. The molecule has 0 aliphatic carbocycles. The minimum atomic E-state index is -4.35. The van der Waals surface area contributed by atoms with Crippen LogP contribution in [0.25, 0.3) is 0 Å². The lowest BCUT2D eigenvalue weighted by Crippen LogP contribution is -2.13. The van der Waals surface area contributed by atoms with Crippen molar-refractivity contribution in [3.63, 3.8) is 0 Å². The summed E-state index contributed by atoms with van der Waals surface area (Å²) in [7, 11) is -8.54. The highest BCUT2D eigenvalue weighted by Crippen LogP contribution is 2.16. The van der Waals surface area contributed by atoms with Crippen molar-refractivity contribution in [2.24, 2.45) is 0 Å². The summed E-state index contributed by atoms with van der Waals surface area (Å²) in [5.74, 6) is 0. The Morgan fingerprint density at radius 3 is 1.80 bits per heavy atom. The molecule has 1 aromatic rings. The first-order valence-electron chi connectivity index (χ1n) is 3.79. The van der Waals surface area contributed by atoms with Gasteiger partial charge in [0.05, 0.1) is 11.2 Å². The first-order chi connectivity index (χ1) is 6.79. The largest absolute Gasteiger partial charge is 0.298 e. The molecule has 0 aliphatic heterocycles. The van der Waals surface area contributed by atoms with Gasteiger partial charge in [0.2, 0.25) is 0 Å². The third-order valence-corrected chi connectivity index (χ3v) is 6.32. The standard InChI is InChI=1S/C8H8O5S2/c1-14(10,11)15(12,13)8-4-2-7(6-9)3-5-8/h2-6H,1H3. The molecule has 0 heterocycles. The zero-order valence-corrected chi connectivity index (χ0v) is 9.38. The monoisotopic (exact) mass is 248 g/mol. The van der Waals surface area contributed by atoms with Crippen LogP contribution in [0, 0.1) is 0 Å². The number of hydrogen-bond donors (Lipinski definition) is 0. The van der Waals surface area contributed by atoms with Gasteiger partial charge < -0.3 is 0 Å². The molecule has 0 spiro atoms. The second-order valence-electron chi connectivity index (χ2n) is 2.85. The maximum absolute atomic E-state index is 11.4. The number of hydrogen-bond acceptors (Lipinski definition) is 5. The van der Waals surface area contributed by atoms with Crippen LogP contribution in [0.4, 0.5) is 0 Å². The van der Waals surface area contributed by atoms with Gasteiger partial charge >= 0.3 is 0 Å². The molecule has 0 saturated carbocycles. The van der Waals surface area contributed by atoms with E-state index >= 15 is 0 Å². The van der Waals surface area contributed by atoms with Gasteiger partial charge in [0.25, 0.3) is 17.7 Å².